The summed E-state index contributed by atoms with van der Waals surface area (Å²) < 4.78 is 19.9. The summed E-state index contributed by atoms with van der Waals surface area (Å²) in [5, 5.41) is 12.0. The lowest BCUT2D eigenvalue weighted by molar-refractivity contribution is -0.129. The minimum atomic E-state index is -0.556. The number of ether oxygens (including phenoxy) is 1. The van der Waals surface area contributed by atoms with Crippen molar-refractivity contribution in [2.75, 3.05) is 11.9 Å². The summed E-state index contributed by atoms with van der Waals surface area (Å²) >= 11 is 0. The van der Waals surface area contributed by atoms with E-state index in [1.807, 2.05) is 24.3 Å². The van der Waals surface area contributed by atoms with Crippen molar-refractivity contribution in [3.05, 3.63) is 60.0 Å². The van der Waals surface area contributed by atoms with E-state index < -0.39 is 5.82 Å². The zero-order valence-corrected chi connectivity index (χ0v) is 17.1. The van der Waals surface area contributed by atoms with Gasteiger partial charge in [-0.25, -0.2) is 9.87 Å². The number of halogens is 1. The van der Waals surface area contributed by atoms with E-state index in [2.05, 4.69) is 10.3 Å². The van der Waals surface area contributed by atoms with Gasteiger partial charge in [0.25, 0.3) is 0 Å². The fourth-order valence-electron chi connectivity index (χ4n) is 3.32. The second-order valence-electron chi connectivity index (χ2n) is 7.27. The topological polar surface area (TPSA) is 103 Å². The van der Waals surface area contributed by atoms with Gasteiger partial charge in [0, 0.05) is 29.6 Å². The lowest BCUT2D eigenvalue weighted by Crippen LogP contribution is -2.17. The summed E-state index contributed by atoms with van der Waals surface area (Å²) in [6.45, 7) is 0.428. The number of H-pyrrole nitrogens is 1. The van der Waals surface area contributed by atoms with Gasteiger partial charge < -0.3 is 15.0 Å². The van der Waals surface area contributed by atoms with Crippen LogP contribution in [0.25, 0.3) is 10.9 Å². The molecule has 1 aromatic heterocycles. The second kappa shape index (κ2) is 11.1. The molecule has 0 atom stereocenters. The first-order chi connectivity index (χ1) is 15.1. The molecule has 3 aromatic rings. The van der Waals surface area contributed by atoms with Gasteiger partial charge in [0.1, 0.15) is 11.6 Å². The van der Waals surface area contributed by atoms with Crippen molar-refractivity contribution >= 4 is 28.4 Å². The molecule has 4 N–H and O–H groups in total. The number of aromatic nitrogens is 1. The van der Waals surface area contributed by atoms with Crippen LogP contribution in [0.3, 0.4) is 0 Å². The predicted molar refractivity (Wildman–Crippen MR) is 116 cm³/mol. The number of hydroxylamine groups is 1. The van der Waals surface area contributed by atoms with E-state index in [-0.39, 0.29) is 30.3 Å². The summed E-state index contributed by atoms with van der Waals surface area (Å²) in [5.74, 6) is -0.848. The smallest absolute Gasteiger partial charge is 0.243 e. The normalized spacial score (nSPS) is 10.8. The molecule has 0 saturated heterocycles. The van der Waals surface area contributed by atoms with Crippen molar-refractivity contribution in [3.8, 4) is 5.75 Å². The molecule has 8 heteroatoms. The Morgan fingerprint density at radius 3 is 2.65 bits per heavy atom. The largest absolute Gasteiger partial charge is 0.493 e. The molecule has 0 saturated carbocycles. The molecule has 0 fully saturated rings. The Hall–Kier alpha value is -3.39. The molecule has 3 rings (SSSR count). The molecular weight excluding hydrogens is 401 g/mol. The first-order valence-electron chi connectivity index (χ1n) is 10.3. The van der Waals surface area contributed by atoms with Gasteiger partial charge in [-0.3, -0.25) is 14.8 Å². The number of fused-ring (bicyclic) bond motifs is 1. The maximum Gasteiger partial charge on any atom is 0.243 e. The molecule has 1 heterocycles. The number of nitrogens with one attached hydrogen (secondary N) is 3. The van der Waals surface area contributed by atoms with E-state index in [0.717, 1.165) is 35.7 Å². The number of benzene rings is 2. The van der Waals surface area contributed by atoms with Crippen LogP contribution in [0, 0.1) is 5.82 Å². The molecule has 0 aliphatic rings. The van der Waals surface area contributed by atoms with E-state index in [4.69, 9.17) is 9.94 Å². The highest BCUT2D eigenvalue weighted by molar-refractivity contribution is 5.95. The molecule has 0 aliphatic heterocycles. The van der Waals surface area contributed by atoms with Gasteiger partial charge in [-0.2, -0.15) is 0 Å². The van der Waals surface area contributed by atoms with Crippen LogP contribution < -0.4 is 15.5 Å². The Bertz CT molecular complexity index is 1030. The van der Waals surface area contributed by atoms with Gasteiger partial charge in [0.15, 0.2) is 0 Å². The predicted octanol–water partition coefficient (Wildman–Crippen LogP) is 4.32. The van der Waals surface area contributed by atoms with Crippen LogP contribution in [0.15, 0.2) is 48.7 Å². The molecule has 31 heavy (non-hydrogen) atoms. The lowest BCUT2D eigenvalue weighted by Gasteiger charge is -2.10. The van der Waals surface area contributed by atoms with Crippen molar-refractivity contribution in [1.29, 1.82) is 0 Å². The van der Waals surface area contributed by atoms with Crippen molar-refractivity contribution in [1.82, 2.24) is 10.5 Å². The summed E-state index contributed by atoms with van der Waals surface area (Å²) in [6, 6.07) is 12.1. The molecule has 0 aliphatic carbocycles. The zero-order chi connectivity index (χ0) is 22.1. The van der Waals surface area contributed by atoms with Gasteiger partial charge in [-0.15, -0.1) is 0 Å². The number of anilines is 1. The van der Waals surface area contributed by atoms with E-state index in [9.17, 15) is 14.0 Å². The van der Waals surface area contributed by atoms with Crippen molar-refractivity contribution in [2.45, 2.75) is 38.5 Å². The van der Waals surface area contributed by atoms with Gasteiger partial charge >= 0.3 is 0 Å². The highest BCUT2D eigenvalue weighted by Gasteiger charge is 2.12. The van der Waals surface area contributed by atoms with Crippen LogP contribution in [0.2, 0.25) is 0 Å². The molecule has 7 nitrogen and oxygen atoms in total. The third-order valence-corrected chi connectivity index (χ3v) is 4.93. The average molecular weight is 427 g/mol. The zero-order valence-electron chi connectivity index (χ0n) is 17.1. The Kier molecular flexibility index (Phi) is 8.00. The van der Waals surface area contributed by atoms with Gasteiger partial charge in [-0.1, -0.05) is 31.0 Å². The maximum atomic E-state index is 14.4. The molecule has 0 unspecified atom stereocenters. The molecule has 0 radical (unpaired) electrons. The van der Waals surface area contributed by atoms with Crippen molar-refractivity contribution in [3.63, 3.8) is 0 Å². The number of carbonyl (C=O) groups is 2. The number of amides is 2. The van der Waals surface area contributed by atoms with Crippen LogP contribution in [0.5, 0.6) is 5.75 Å². The number of hydrogen-bond acceptors (Lipinski definition) is 4. The fraction of sp³-hybridized carbons (Fsp3) is 0.304. The number of hydrogen-bond donors (Lipinski definition) is 4. The quantitative estimate of drug-likeness (QED) is 0.208. The maximum absolute atomic E-state index is 14.4. The SMILES string of the molecule is O=C(CCCCCCOc1ccc(NC(=O)Cc2c[nH]c3ccccc23)c(F)c1)NO. The molecule has 0 bridgehead atoms. The minimum absolute atomic E-state index is 0.111. The Morgan fingerprint density at radius 1 is 1.03 bits per heavy atom. The second-order valence-corrected chi connectivity index (χ2v) is 7.27. The summed E-state index contributed by atoms with van der Waals surface area (Å²) in [7, 11) is 0. The Morgan fingerprint density at radius 2 is 1.84 bits per heavy atom. The summed E-state index contributed by atoms with van der Waals surface area (Å²) in [6.07, 6.45) is 5.38. The first kappa shape index (κ1) is 22.3. The lowest BCUT2D eigenvalue weighted by atomic mass is 10.1. The van der Waals surface area contributed by atoms with Crippen LogP contribution >= 0.6 is 0 Å². The average Bonchev–Trinajstić information content (AvgIpc) is 3.17. The number of rotatable bonds is 11. The molecule has 2 amide bonds. The highest BCUT2D eigenvalue weighted by Crippen LogP contribution is 2.22. The van der Waals surface area contributed by atoms with E-state index in [1.165, 1.54) is 12.1 Å². The van der Waals surface area contributed by atoms with Gasteiger partial charge in [0.2, 0.25) is 11.8 Å². The third-order valence-electron chi connectivity index (χ3n) is 4.93. The van der Waals surface area contributed by atoms with Crippen LogP contribution in [0.4, 0.5) is 10.1 Å². The number of carbonyl (C=O) groups excluding carboxylic acids is 2. The standard InChI is InChI=1S/C23H26FN3O4/c24-19-14-17(31-12-6-2-1-3-9-22(28)27-30)10-11-21(19)26-23(29)13-16-15-25-20-8-5-4-7-18(16)20/h4-5,7-8,10-11,14-15,25,30H,1-3,6,9,12-13H2,(H,26,29)(H,27,28). The number of para-hydroxylation sites is 1. The molecular formula is C23H26FN3O4. The fourth-order valence-corrected chi connectivity index (χ4v) is 3.32. The molecule has 2 aromatic carbocycles. The third kappa shape index (κ3) is 6.55. The molecule has 0 spiro atoms. The van der Waals surface area contributed by atoms with E-state index in [1.54, 1.807) is 17.7 Å². The van der Waals surface area contributed by atoms with E-state index in [0.29, 0.717) is 18.8 Å². The van der Waals surface area contributed by atoms with Gasteiger partial charge in [0.05, 0.1) is 18.7 Å². The van der Waals surface area contributed by atoms with Crippen molar-refractivity contribution < 1.29 is 23.9 Å². The monoisotopic (exact) mass is 427 g/mol. The van der Waals surface area contributed by atoms with Crippen LogP contribution in [0.1, 0.15) is 37.7 Å². The minimum Gasteiger partial charge on any atom is -0.493 e. The highest BCUT2D eigenvalue weighted by atomic mass is 19.1. The van der Waals surface area contributed by atoms with Crippen LogP contribution in [-0.2, 0) is 16.0 Å². The Balaban J connectivity index is 1.42. The van der Waals surface area contributed by atoms with Crippen molar-refractivity contribution in [2.24, 2.45) is 0 Å². The first-order valence-corrected chi connectivity index (χ1v) is 10.3. The Labute approximate surface area is 179 Å². The number of aromatic amines is 1. The van der Waals surface area contributed by atoms with Crippen LogP contribution in [-0.4, -0.2) is 28.6 Å². The summed E-state index contributed by atoms with van der Waals surface area (Å²) in [4.78, 5) is 26.4. The summed E-state index contributed by atoms with van der Waals surface area (Å²) in [5.41, 5.74) is 3.52. The van der Waals surface area contributed by atoms with E-state index >= 15 is 0 Å². The van der Waals surface area contributed by atoms with Gasteiger partial charge in [-0.05, 0) is 36.6 Å². The molecule has 164 valence electrons. The number of unbranched alkanes of at least 4 members (excludes halogenated alkanes) is 3.